The Hall–Kier alpha value is -1.05. The number of rotatable bonds is 0. The molecule has 0 unspecified atom stereocenters. The molecule has 0 aliphatic rings. The normalized spacial score (nSPS) is 11.7. The van der Waals surface area contributed by atoms with Crippen molar-refractivity contribution < 1.29 is 5.11 Å². The third-order valence-electron chi connectivity index (χ3n) is 1.85. The quantitative estimate of drug-likeness (QED) is 0.640. The number of pyridine rings is 1. The van der Waals surface area contributed by atoms with Crippen molar-refractivity contribution in [1.82, 2.24) is 4.98 Å². The molecule has 1 rings (SSSR count). The number of hydrogen-bond acceptors (Lipinski definition) is 2. The van der Waals surface area contributed by atoms with Crippen molar-refractivity contribution in [2.24, 2.45) is 0 Å². The number of nitrogens with zero attached hydrogens (tertiary/aromatic N) is 1. The van der Waals surface area contributed by atoms with Crippen molar-refractivity contribution >= 4 is 0 Å². The average molecular weight is 165 g/mol. The molecule has 0 spiro atoms. The second-order valence-corrected chi connectivity index (χ2v) is 4.11. The third kappa shape index (κ3) is 1.76. The highest BCUT2D eigenvalue weighted by Crippen LogP contribution is 2.23. The zero-order valence-electron chi connectivity index (χ0n) is 8.05. The molecular formula is C10H15NO. The lowest BCUT2D eigenvalue weighted by molar-refractivity contribution is 0.465. The smallest absolute Gasteiger partial charge is 0.136 e. The van der Waals surface area contributed by atoms with Crippen LogP contribution in [0.25, 0.3) is 0 Å². The molecule has 1 aromatic rings. The van der Waals surface area contributed by atoms with E-state index in [1.807, 2.05) is 13.0 Å². The molecule has 1 aromatic heterocycles. The van der Waals surface area contributed by atoms with Crippen molar-refractivity contribution in [2.75, 3.05) is 0 Å². The van der Waals surface area contributed by atoms with E-state index in [0.717, 1.165) is 11.3 Å². The molecule has 0 saturated heterocycles. The molecule has 0 aliphatic carbocycles. The molecule has 1 N–H and O–H groups in total. The van der Waals surface area contributed by atoms with Gasteiger partial charge in [-0.05, 0) is 18.6 Å². The van der Waals surface area contributed by atoms with Gasteiger partial charge in [-0.15, -0.1) is 0 Å². The molecule has 2 heteroatoms. The van der Waals surface area contributed by atoms with Gasteiger partial charge in [0.05, 0.1) is 6.20 Å². The monoisotopic (exact) mass is 165 g/mol. The van der Waals surface area contributed by atoms with Gasteiger partial charge in [-0.3, -0.25) is 4.98 Å². The summed E-state index contributed by atoms with van der Waals surface area (Å²) in [6.45, 7) is 8.19. The van der Waals surface area contributed by atoms with Crippen LogP contribution in [0.4, 0.5) is 0 Å². The highest BCUT2D eigenvalue weighted by atomic mass is 16.3. The Labute approximate surface area is 73.3 Å². The van der Waals surface area contributed by atoms with E-state index in [0.29, 0.717) is 0 Å². The standard InChI is InChI=1S/C10H15NO/c1-7-5-9(10(2,3)4)11-6-8(7)12/h5-6,12H,1-4H3. The van der Waals surface area contributed by atoms with Gasteiger partial charge >= 0.3 is 0 Å². The van der Waals surface area contributed by atoms with Crippen LogP contribution < -0.4 is 0 Å². The summed E-state index contributed by atoms with van der Waals surface area (Å²) >= 11 is 0. The molecular weight excluding hydrogens is 150 g/mol. The first-order chi connectivity index (χ1) is 5.41. The molecule has 66 valence electrons. The summed E-state index contributed by atoms with van der Waals surface area (Å²) in [4.78, 5) is 4.16. The van der Waals surface area contributed by atoms with Crippen LogP contribution in [0.1, 0.15) is 32.0 Å². The van der Waals surface area contributed by atoms with Crippen LogP contribution in [0.15, 0.2) is 12.3 Å². The highest BCUT2D eigenvalue weighted by molar-refractivity contribution is 5.31. The minimum absolute atomic E-state index is 0.0540. The lowest BCUT2D eigenvalue weighted by atomic mass is 9.91. The fourth-order valence-corrected chi connectivity index (χ4v) is 0.959. The molecule has 0 bridgehead atoms. The predicted octanol–water partition coefficient (Wildman–Crippen LogP) is 2.39. The first-order valence-corrected chi connectivity index (χ1v) is 4.07. The highest BCUT2D eigenvalue weighted by Gasteiger charge is 2.15. The minimum Gasteiger partial charge on any atom is -0.506 e. The van der Waals surface area contributed by atoms with Gasteiger partial charge in [0.15, 0.2) is 0 Å². The Morgan fingerprint density at radius 1 is 1.33 bits per heavy atom. The van der Waals surface area contributed by atoms with Crippen molar-refractivity contribution in [3.63, 3.8) is 0 Å². The van der Waals surface area contributed by atoms with Gasteiger partial charge in [0.1, 0.15) is 5.75 Å². The van der Waals surface area contributed by atoms with Crippen molar-refractivity contribution in [3.8, 4) is 5.75 Å². The van der Waals surface area contributed by atoms with E-state index >= 15 is 0 Å². The van der Waals surface area contributed by atoms with Crippen LogP contribution in [0.5, 0.6) is 5.75 Å². The lowest BCUT2D eigenvalue weighted by Crippen LogP contribution is -2.13. The average Bonchev–Trinajstić information content (AvgIpc) is 1.92. The molecule has 1 heterocycles. The Morgan fingerprint density at radius 3 is 2.33 bits per heavy atom. The maximum Gasteiger partial charge on any atom is 0.136 e. The fraction of sp³-hybridized carbons (Fsp3) is 0.500. The molecule has 0 fully saturated rings. The van der Waals surface area contributed by atoms with Crippen LogP contribution in [0.3, 0.4) is 0 Å². The molecule has 0 atom stereocenters. The first-order valence-electron chi connectivity index (χ1n) is 4.07. The molecule has 12 heavy (non-hydrogen) atoms. The number of aromatic hydroxyl groups is 1. The largest absolute Gasteiger partial charge is 0.506 e. The van der Waals surface area contributed by atoms with Crippen LogP contribution in [-0.2, 0) is 5.41 Å². The van der Waals surface area contributed by atoms with Gasteiger partial charge in [-0.25, -0.2) is 0 Å². The zero-order valence-corrected chi connectivity index (χ0v) is 8.05. The Bertz CT molecular complexity index is 286. The van der Waals surface area contributed by atoms with Gasteiger partial charge < -0.3 is 5.11 Å². The van der Waals surface area contributed by atoms with Crippen molar-refractivity contribution in [2.45, 2.75) is 33.1 Å². The second kappa shape index (κ2) is 2.77. The van der Waals surface area contributed by atoms with Gasteiger partial charge in [0.2, 0.25) is 0 Å². The van der Waals surface area contributed by atoms with Crippen molar-refractivity contribution in [3.05, 3.63) is 23.5 Å². The SMILES string of the molecule is Cc1cc(C(C)(C)C)ncc1O. The van der Waals surface area contributed by atoms with E-state index in [-0.39, 0.29) is 11.2 Å². The number of aryl methyl sites for hydroxylation is 1. The molecule has 0 amide bonds. The topological polar surface area (TPSA) is 33.1 Å². The summed E-state index contributed by atoms with van der Waals surface area (Å²) in [5.41, 5.74) is 1.95. The summed E-state index contributed by atoms with van der Waals surface area (Å²) in [6, 6.07) is 1.93. The van der Waals surface area contributed by atoms with E-state index in [9.17, 15) is 5.11 Å². The number of hydrogen-bond donors (Lipinski definition) is 1. The van der Waals surface area contributed by atoms with Crippen LogP contribution >= 0.6 is 0 Å². The third-order valence-corrected chi connectivity index (χ3v) is 1.85. The first kappa shape index (κ1) is 9.04. The van der Waals surface area contributed by atoms with Crippen LogP contribution in [0, 0.1) is 6.92 Å². The van der Waals surface area contributed by atoms with E-state index < -0.39 is 0 Å². The van der Waals surface area contributed by atoms with E-state index in [2.05, 4.69) is 25.8 Å². The minimum atomic E-state index is 0.0540. The molecule has 2 nitrogen and oxygen atoms in total. The molecule has 0 radical (unpaired) electrons. The van der Waals surface area contributed by atoms with E-state index in [1.165, 1.54) is 6.20 Å². The lowest BCUT2D eigenvalue weighted by Gasteiger charge is -2.17. The Balaban J connectivity index is 3.14. The number of aromatic nitrogens is 1. The molecule has 0 aliphatic heterocycles. The van der Waals surface area contributed by atoms with Gasteiger partial charge in [-0.1, -0.05) is 20.8 Å². The second-order valence-electron chi connectivity index (χ2n) is 4.11. The summed E-state index contributed by atoms with van der Waals surface area (Å²) < 4.78 is 0. The zero-order chi connectivity index (χ0) is 9.35. The Kier molecular flexibility index (Phi) is 2.09. The van der Waals surface area contributed by atoms with E-state index in [1.54, 1.807) is 0 Å². The molecule has 0 aromatic carbocycles. The van der Waals surface area contributed by atoms with Crippen LogP contribution in [-0.4, -0.2) is 10.1 Å². The van der Waals surface area contributed by atoms with Gasteiger partial charge in [0.25, 0.3) is 0 Å². The maximum atomic E-state index is 9.25. The summed E-state index contributed by atoms with van der Waals surface area (Å²) in [6.07, 6.45) is 1.51. The fourth-order valence-electron chi connectivity index (χ4n) is 0.959. The van der Waals surface area contributed by atoms with E-state index in [4.69, 9.17) is 0 Å². The summed E-state index contributed by atoms with van der Waals surface area (Å²) in [5.74, 6) is 0.267. The van der Waals surface area contributed by atoms with Gasteiger partial charge in [0, 0.05) is 11.1 Å². The summed E-state index contributed by atoms with van der Waals surface area (Å²) in [7, 11) is 0. The summed E-state index contributed by atoms with van der Waals surface area (Å²) in [5, 5.41) is 9.25. The Morgan fingerprint density at radius 2 is 1.92 bits per heavy atom. The van der Waals surface area contributed by atoms with Crippen LogP contribution in [0.2, 0.25) is 0 Å². The molecule has 0 saturated carbocycles. The predicted molar refractivity (Wildman–Crippen MR) is 49.3 cm³/mol. The van der Waals surface area contributed by atoms with Crippen molar-refractivity contribution in [1.29, 1.82) is 0 Å². The van der Waals surface area contributed by atoms with Gasteiger partial charge in [-0.2, -0.15) is 0 Å². The maximum absolute atomic E-state index is 9.25.